The first-order valence-electron chi connectivity index (χ1n) is 21.7. The molecule has 12 aromatic carbocycles. The second kappa shape index (κ2) is 13.9. The third-order valence-corrected chi connectivity index (χ3v) is 13.0. The van der Waals surface area contributed by atoms with E-state index in [2.05, 4.69) is 243 Å². The molecule has 0 radical (unpaired) electrons. The van der Waals surface area contributed by atoms with Crippen molar-refractivity contribution in [2.24, 2.45) is 0 Å². The lowest BCUT2D eigenvalue weighted by Gasteiger charge is -2.32. The maximum atomic E-state index is 2.50. The van der Waals surface area contributed by atoms with Crippen LogP contribution in [0.2, 0.25) is 0 Å². The van der Waals surface area contributed by atoms with Crippen molar-refractivity contribution in [1.29, 1.82) is 0 Å². The molecule has 0 heterocycles. The molecule has 0 fully saturated rings. The lowest BCUT2D eigenvalue weighted by atomic mass is 9.80. The van der Waals surface area contributed by atoms with Gasteiger partial charge in [0.1, 0.15) is 0 Å². The van der Waals surface area contributed by atoms with Crippen LogP contribution in [-0.2, 0) is 5.41 Å². The van der Waals surface area contributed by atoms with E-state index in [1.165, 1.54) is 86.7 Å². The van der Waals surface area contributed by atoms with Crippen LogP contribution in [0.3, 0.4) is 0 Å². The van der Waals surface area contributed by atoms with Gasteiger partial charge in [0.25, 0.3) is 0 Å². The molecule has 2 heteroatoms. The first-order chi connectivity index (χ1) is 30.4. The molecule has 0 amide bonds. The Morgan fingerprint density at radius 3 is 1.05 bits per heavy atom. The van der Waals surface area contributed by atoms with Crippen LogP contribution in [0.1, 0.15) is 26.3 Å². The standard InChI is InChI=1S/C60H44N2/c1-60(2,3)55-38-57(62(50-28-22-41-14-6-10-18-46(41)36-50)51-29-23-42-15-7-11-19-47(42)37-51)54-30-24-43-25-33-56(53-32-31-52(55)59(54)58(43)53)61(48-26-20-39-12-4-8-16-44(39)34-48)49-27-21-40-13-5-9-17-45(40)35-49/h4-38H,1-3H3. The minimum atomic E-state index is -0.138. The summed E-state index contributed by atoms with van der Waals surface area (Å²) >= 11 is 0. The molecule has 0 N–H and O–H groups in total. The zero-order chi connectivity index (χ0) is 41.5. The van der Waals surface area contributed by atoms with E-state index in [1.54, 1.807) is 0 Å². The highest BCUT2D eigenvalue weighted by molar-refractivity contribution is 6.29. The molecule has 0 atom stereocenters. The van der Waals surface area contributed by atoms with Crippen molar-refractivity contribution in [1.82, 2.24) is 0 Å². The number of benzene rings is 12. The van der Waals surface area contributed by atoms with Crippen molar-refractivity contribution in [3.8, 4) is 0 Å². The fourth-order valence-corrected chi connectivity index (χ4v) is 9.98. The fourth-order valence-electron chi connectivity index (χ4n) is 9.98. The van der Waals surface area contributed by atoms with E-state index < -0.39 is 0 Å². The molecule has 0 aliphatic rings. The highest BCUT2D eigenvalue weighted by Crippen LogP contribution is 2.50. The Balaban J connectivity index is 1.16. The highest BCUT2D eigenvalue weighted by Gasteiger charge is 2.27. The van der Waals surface area contributed by atoms with Crippen LogP contribution in [0, 0.1) is 0 Å². The van der Waals surface area contributed by atoms with E-state index in [9.17, 15) is 0 Å². The minimum absolute atomic E-state index is 0.138. The quantitative estimate of drug-likeness (QED) is 0.155. The third kappa shape index (κ3) is 5.86. The number of anilines is 6. The second-order valence-electron chi connectivity index (χ2n) is 17.8. The molecule has 294 valence electrons. The normalized spacial score (nSPS) is 12.1. The summed E-state index contributed by atoms with van der Waals surface area (Å²) in [4.78, 5) is 4.96. The van der Waals surface area contributed by atoms with E-state index in [1.807, 2.05) is 0 Å². The minimum Gasteiger partial charge on any atom is -0.310 e. The van der Waals surface area contributed by atoms with Crippen molar-refractivity contribution in [3.05, 3.63) is 218 Å². The molecule has 0 unspecified atom stereocenters. The van der Waals surface area contributed by atoms with Gasteiger partial charge in [-0.1, -0.05) is 172 Å². The van der Waals surface area contributed by atoms with Crippen molar-refractivity contribution in [3.63, 3.8) is 0 Å². The lowest BCUT2D eigenvalue weighted by molar-refractivity contribution is 0.596. The van der Waals surface area contributed by atoms with Crippen molar-refractivity contribution < 1.29 is 0 Å². The van der Waals surface area contributed by atoms with E-state index in [-0.39, 0.29) is 5.41 Å². The molecule has 0 saturated heterocycles. The van der Waals surface area contributed by atoms with Crippen LogP contribution in [0.15, 0.2) is 212 Å². The predicted molar refractivity (Wildman–Crippen MR) is 268 cm³/mol. The highest BCUT2D eigenvalue weighted by atomic mass is 15.1. The van der Waals surface area contributed by atoms with Crippen LogP contribution >= 0.6 is 0 Å². The van der Waals surface area contributed by atoms with Crippen LogP contribution < -0.4 is 9.80 Å². The van der Waals surface area contributed by atoms with Gasteiger partial charge in [0, 0.05) is 33.5 Å². The average Bonchev–Trinajstić information content (AvgIpc) is 3.31. The predicted octanol–water partition coefficient (Wildman–Crippen LogP) is 17.4. The Kier molecular flexibility index (Phi) is 8.14. The monoisotopic (exact) mass is 792 g/mol. The van der Waals surface area contributed by atoms with Crippen molar-refractivity contribution in [2.45, 2.75) is 26.2 Å². The molecule has 0 bridgehead atoms. The lowest BCUT2D eigenvalue weighted by Crippen LogP contribution is -2.16. The molecule has 12 rings (SSSR count). The third-order valence-electron chi connectivity index (χ3n) is 13.0. The maximum Gasteiger partial charge on any atom is 0.0543 e. The van der Waals surface area contributed by atoms with Gasteiger partial charge in [-0.3, -0.25) is 0 Å². The van der Waals surface area contributed by atoms with Crippen molar-refractivity contribution >= 4 is 110 Å². The van der Waals surface area contributed by atoms with Gasteiger partial charge in [-0.2, -0.15) is 0 Å². The molecular weight excluding hydrogens is 749 g/mol. The summed E-state index contributed by atoms with van der Waals surface area (Å²) in [5.41, 5.74) is 8.04. The molecule has 0 spiro atoms. The summed E-state index contributed by atoms with van der Waals surface area (Å²) < 4.78 is 0. The second-order valence-corrected chi connectivity index (χ2v) is 17.8. The Morgan fingerprint density at radius 2 is 0.613 bits per heavy atom. The van der Waals surface area contributed by atoms with Crippen LogP contribution in [-0.4, -0.2) is 0 Å². The summed E-state index contributed by atoms with van der Waals surface area (Å²) in [7, 11) is 0. The van der Waals surface area contributed by atoms with Gasteiger partial charge in [-0.05, 0) is 136 Å². The molecule has 0 saturated carbocycles. The first-order valence-corrected chi connectivity index (χ1v) is 21.7. The van der Waals surface area contributed by atoms with Gasteiger partial charge in [0.2, 0.25) is 0 Å². The number of hydrogen-bond donors (Lipinski definition) is 0. The molecule has 2 nitrogen and oxygen atoms in total. The van der Waals surface area contributed by atoms with Gasteiger partial charge in [-0.15, -0.1) is 0 Å². The van der Waals surface area contributed by atoms with Crippen LogP contribution in [0.4, 0.5) is 34.1 Å². The zero-order valence-corrected chi connectivity index (χ0v) is 35.1. The van der Waals surface area contributed by atoms with Crippen LogP contribution in [0.25, 0.3) is 75.4 Å². The average molecular weight is 793 g/mol. The van der Waals surface area contributed by atoms with E-state index in [0.717, 1.165) is 28.4 Å². The summed E-state index contributed by atoms with van der Waals surface area (Å²) in [5.74, 6) is 0. The molecule has 62 heavy (non-hydrogen) atoms. The smallest absolute Gasteiger partial charge is 0.0543 e. The van der Waals surface area contributed by atoms with E-state index in [4.69, 9.17) is 0 Å². The number of hydrogen-bond acceptors (Lipinski definition) is 2. The molecule has 0 aromatic heterocycles. The van der Waals surface area contributed by atoms with E-state index >= 15 is 0 Å². The summed E-state index contributed by atoms with van der Waals surface area (Å²) in [6.07, 6.45) is 0. The number of fused-ring (bicyclic) bond motifs is 4. The molecule has 0 aliphatic heterocycles. The first kappa shape index (κ1) is 36.2. The maximum absolute atomic E-state index is 2.50. The van der Waals surface area contributed by atoms with Crippen molar-refractivity contribution in [2.75, 3.05) is 9.80 Å². The Morgan fingerprint density at radius 1 is 0.274 bits per heavy atom. The fraction of sp³-hybridized carbons (Fsp3) is 0.0667. The Bertz CT molecular complexity index is 3550. The molecule has 0 aliphatic carbocycles. The van der Waals surface area contributed by atoms with Crippen LogP contribution in [0.5, 0.6) is 0 Å². The van der Waals surface area contributed by atoms with Gasteiger partial charge in [0.05, 0.1) is 11.4 Å². The van der Waals surface area contributed by atoms with E-state index in [0.29, 0.717) is 0 Å². The Labute approximate surface area is 361 Å². The topological polar surface area (TPSA) is 6.48 Å². The molecule has 12 aromatic rings. The summed E-state index contributed by atoms with van der Waals surface area (Å²) in [6, 6.07) is 78.8. The zero-order valence-electron chi connectivity index (χ0n) is 35.1. The molecular formula is C60H44N2. The van der Waals surface area contributed by atoms with Gasteiger partial charge >= 0.3 is 0 Å². The van der Waals surface area contributed by atoms with Gasteiger partial charge in [0.15, 0.2) is 0 Å². The number of rotatable bonds is 6. The largest absolute Gasteiger partial charge is 0.310 e. The number of nitrogens with zero attached hydrogens (tertiary/aromatic N) is 2. The summed E-state index contributed by atoms with van der Waals surface area (Å²) in [6.45, 7) is 7.06. The summed E-state index contributed by atoms with van der Waals surface area (Å²) in [5, 5.41) is 17.4. The SMILES string of the molecule is CC(C)(C)c1cc(N(c2ccc3ccccc3c2)c2ccc3ccccc3c2)c2ccc3ccc(N(c4ccc5ccccc5c4)c4ccc5ccccc5c4)c4ccc1c2c34. The van der Waals surface area contributed by atoms with Gasteiger partial charge < -0.3 is 9.80 Å². The van der Waals surface area contributed by atoms with Gasteiger partial charge in [-0.25, -0.2) is 0 Å². The Hall–Kier alpha value is -7.68.